The van der Waals surface area contributed by atoms with Crippen LogP contribution in [0.5, 0.6) is 0 Å². The number of hydrogen-bond donors (Lipinski definition) is 2. The molecule has 6 heteroatoms. The van der Waals surface area contributed by atoms with Gasteiger partial charge in [-0.15, -0.1) is 0 Å². The molecule has 0 unspecified atom stereocenters. The number of rotatable bonds is 6. The van der Waals surface area contributed by atoms with Crippen molar-refractivity contribution in [1.82, 2.24) is 0 Å². The van der Waals surface area contributed by atoms with Gasteiger partial charge in [-0.3, -0.25) is 4.55 Å². The lowest BCUT2D eigenvalue weighted by atomic mass is 10.2. The van der Waals surface area contributed by atoms with Crippen molar-refractivity contribution in [3.8, 4) is 0 Å². The highest BCUT2D eigenvalue weighted by molar-refractivity contribution is 7.87. The van der Waals surface area contributed by atoms with Crippen LogP contribution in [0.2, 0.25) is 0 Å². The van der Waals surface area contributed by atoms with Gasteiger partial charge in [0.1, 0.15) is 0 Å². The van der Waals surface area contributed by atoms with Crippen LogP contribution in [0, 0.1) is 0 Å². The zero-order valence-electron chi connectivity index (χ0n) is 9.06. The first-order chi connectivity index (χ1) is 6.66. The molecule has 2 N–H and O–H groups in total. The fourth-order valence-corrected chi connectivity index (χ4v) is 2.51. The van der Waals surface area contributed by atoms with Crippen LogP contribution in [-0.4, -0.2) is 35.2 Å². The lowest BCUT2D eigenvalue weighted by molar-refractivity contribution is -0.176. The second kappa shape index (κ2) is 4.01. The van der Waals surface area contributed by atoms with E-state index in [9.17, 15) is 13.5 Å². The molecule has 0 radical (unpaired) electrons. The molecule has 90 valence electrons. The average molecular weight is 238 g/mol. The monoisotopic (exact) mass is 238 g/mol. The van der Waals surface area contributed by atoms with Gasteiger partial charge in [0, 0.05) is 0 Å². The first-order valence-electron chi connectivity index (χ1n) is 5.00. The molecule has 0 aromatic heterocycles. The van der Waals surface area contributed by atoms with E-state index >= 15 is 0 Å². The number of aliphatic hydroxyl groups is 1. The maximum absolute atomic E-state index is 11.0. The molecule has 15 heavy (non-hydrogen) atoms. The molecule has 1 fully saturated rings. The molecular formula is C9H18O5S. The van der Waals surface area contributed by atoms with E-state index in [-0.39, 0.29) is 0 Å². The third-order valence-electron chi connectivity index (χ3n) is 2.59. The zero-order chi connectivity index (χ0) is 11.7. The van der Waals surface area contributed by atoms with Crippen LogP contribution in [0.25, 0.3) is 0 Å². The van der Waals surface area contributed by atoms with E-state index in [2.05, 4.69) is 0 Å². The summed E-state index contributed by atoms with van der Waals surface area (Å²) in [7, 11) is -3.93. The topological polar surface area (TPSA) is 83.8 Å². The molecule has 0 aromatic carbocycles. The molecule has 0 saturated heterocycles. The minimum atomic E-state index is -3.93. The number of hydrogen-bond acceptors (Lipinski definition) is 4. The summed E-state index contributed by atoms with van der Waals surface area (Å²) in [5.41, 5.74) is 0. The Morgan fingerprint density at radius 3 is 2.27 bits per heavy atom. The summed E-state index contributed by atoms with van der Waals surface area (Å²) in [5.74, 6) is -1.19. The van der Waals surface area contributed by atoms with Crippen molar-refractivity contribution >= 4 is 10.1 Å². The van der Waals surface area contributed by atoms with Gasteiger partial charge in [0.2, 0.25) is 0 Å². The van der Waals surface area contributed by atoms with E-state index < -0.39 is 20.7 Å². The summed E-state index contributed by atoms with van der Waals surface area (Å²) in [5, 5.41) is 9.23. The maximum Gasteiger partial charge on any atom is 0.270 e. The van der Waals surface area contributed by atoms with Gasteiger partial charge in [-0.25, -0.2) is 0 Å². The molecule has 1 rings (SSSR count). The van der Waals surface area contributed by atoms with Crippen molar-refractivity contribution in [2.75, 3.05) is 6.61 Å². The van der Waals surface area contributed by atoms with Gasteiger partial charge in [-0.05, 0) is 39.5 Å². The average Bonchev–Trinajstić information content (AvgIpc) is 2.75. The fraction of sp³-hybridized carbons (Fsp3) is 1.00. The molecule has 0 aromatic rings. The molecule has 0 spiro atoms. The van der Waals surface area contributed by atoms with Crippen LogP contribution in [-0.2, 0) is 14.9 Å². The smallest absolute Gasteiger partial charge is 0.270 e. The normalized spacial score (nSPS) is 20.3. The molecule has 1 aliphatic carbocycles. The number of ether oxygens (including phenoxy) is 1. The molecule has 5 nitrogen and oxygen atoms in total. The maximum atomic E-state index is 11.0. The Morgan fingerprint density at radius 1 is 1.40 bits per heavy atom. The second-order valence-electron chi connectivity index (χ2n) is 4.56. The van der Waals surface area contributed by atoms with Crippen LogP contribution in [0.4, 0.5) is 0 Å². The third kappa shape index (κ3) is 3.71. The Hall–Kier alpha value is -0.170. The Morgan fingerprint density at radius 2 is 1.93 bits per heavy atom. The molecular weight excluding hydrogens is 220 g/mol. The molecule has 0 bridgehead atoms. The predicted molar refractivity (Wildman–Crippen MR) is 55.0 cm³/mol. The van der Waals surface area contributed by atoms with Crippen molar-refractivity contribution in [3.05, 3.63) is 0 Å². The van der Waals surface area contributed by atoms with Gasteiger partial charge in [-0.2, -0.15) is 8.42 Å². The van der Waals surface area contributed by atoms with Crippen molar-refractivity contribution in [2.45, 2.75) is 50.1 Å². The molecule has 0 atom stereocenters. The summed E-state index contributed by atoms with van der Waals surface area (Å²) < 4.78 is 35.0. The largest absolute Gasteiger partial charge is 0.366 e. The van der Waals surface area contributed by atoms with Gasteiger partial charge >= 0.3 is 0 Å². The summed E-state index contributed by atoms with van der Waals surface area (Å²) in [6.45, 7) is 3.33. The van der Waals surface area contributed by atoms with Gasteiger partial charge in [0.25, 0.3) is 10.1 Å². The first-order valence-corrected chi connectivity index (χ1v) is 6.44. The summed E-state index contributed by atoms with van der Waals surface area (Å²) in [6.07, 6.45) is 1.95. The van der Waals surface area contributed by atoms with Crippen molar-refractivity contribution in [1.29, 1.82) is 0 Å². The second-order valence-corrected chi connectivity index (χ2v) is 6.37. The van der Waals surface area contributed by atoms with E-state index in [1.165, 1.54) is 13.8 Å². The van der Waals surface area contributed by atoms with Gasteiger partial charge < -0.3 is 9.84 Å². The van der Waals surface area contributed by atoms with E-state index in [0.29, 0.717) is 32.3 Å². The van der Waals surface area contributed by atoms with Crippen molar-refractivity contribution in [2.24, 2.45) is 0 Å². The third-order valence-corrected chi connectivity index (χ3v) is 4.29. The molecule has 1 aliphatic rings. The summed E-state index contributed by atoms with van der Waals surface area (Å²) in [4.78, 5) is 0. The van der Waals surface area contributed by atoms with Gasteiger partial charge in [-0.1, -0.05) is 0 Å². The standard InChI is InChI=1S/C9H18O5S/c1-8(2,10)14-7-3-4-9(5-6-9)15(11,12)13/h10H,3-7H2,1-2H3,(H,11,12,13). The Kier molecular flexibility index (Phi) is 3.45. The van der Waals surface area contributed by atoms with Crippen LogP contribution in [0.1, 0.15) is 39.5 Å². The predicted octanol–water partition coefficient (Wildman–Crippen LogP) is 0.932. The highest BCUT2D eigenvalue weighted by Gasteiger charge is 2.53. The molecule has 0 amide bonds. The van der Waals surface area contributed by atoms with E-state index in [1.807, 2.05) is 0 Å². The van der Waals surface area contributed by atoms with Crippen LogP contribution in [0.3, 0.4) is 0 Å². The summed E-state index contributed by atoms with van der Waals surface area (Å²) >= 11 is 0. The Labute approximate surface area is 90.2 Å². The van der Waals surface area contributed by atoms with Gasteiger partial charge in [0.05, 0.1) is 11.4 Å². The van der Waals surface area contributed by atoms with Crippen LogP contribution in [0.15, 0.2) is 0 Å². The SMILES string of the molecule is CC(C)(O)OCCCC1(S(=O)(=O)O)CC1. The molecule has 0 heterocycles. The molecule has 1 saturated carbocycles. The highest BCUT2D eigenvalue weighted by atomic mass is 32.2. The first kappa shape index (κ1) is 12.9. The van der Waals surface area contributed by atoms with Crippen LogP contribution >= 0.6 is 0 Å². The quantitative estimate of drug-likeness (QED) is 0.408. The minimum absolute atomic E-state index is 0.292. The van der Waals surface area contributed by atoms with Crippen molar-refractivity contribution < 1.29 is 22.8 Å². The van der Waals surface area contributed by atoms with Gasteiger partial charge in [0.15, 0.2) is 5.79 Å². The van der Waals surface area contributed by atoms with E-state index in [1.54, 1.807) is 0 Å². The Bertz CT molecular complexity index is 310. The van der Waals surface area contributed by atoms with E-state index in [0.717, 1.165) is 0 Å². The molecule has 0 aliphatic heterocycles. The highest BCUT2D eigenvalue weighted by Crippen LogP contribution is 2.46. The van der Waals surface area contributed by atoms with Crippen molar-refractivity contribution in [3.63, 3.8) is 0 Å². The fourth-order valence-electron chi connectivity index (χ4n) is 1.49. The lowest BCUT2D eigenvalue weighted by Crippen LogP contribution is -2.26. The van der Waals surface area contributed by atoms with Crippen LogP contribution < -0.4 is 0 Å². The Balaban J connectivity index is 2.28. The zero-order valence-corrected chi connectivity index (χ0v) is 9.88. The van der Waals surface area contributed by atoms with E-state index in [4.69, 9.17) is 9.29 Å². The minimum Gasteiger partial charge on any atom is -0.366 e. The lowest BCUT2D eigenvalue weighted by Gasteiger charge is -2.18. The summed E-state index contributed by atoms with van der Waals surface area (Å²) in [6, 6.07) is 0.